The first-order chi connectivity index (χ1) is 15.0. The molecule has 0 atom stereocenters. The van der Waals surface area contributed by atoms with Gasteiger partial charge in [0.2, 0.25) is 0 Å². The van der Waals surface area contributed by atoms with Crippen LogP contribution in [0.2, 0.25) is 0 Å². The Hall–Kier alpha value is -4.22. The maximum absolute atomic E-state index is 13.7. The van der Waals surface area contributed by atoms with E-state index in [2.05, 4.69) is 25.8 Å². The molecular formula is C19H18FN7O4. The molecule has 0 aliphatic carbocycles. The normalized spacial score (nSPS) is 13.7. The highest BCUT2D eigenvalue weighted by Crippen LogP contribution is 2.20. The van der Waals surface area contributed by atoms with Crippen LogP contribution in [0.1, 0.15) is 10.7 Å². The Morgan fingerprint density at radius 3 is 2.52 bits per heavy atom. The molecule has 1 aliphatic heterocycles. The quantitative estimate of drug-likeness (QED) is 0.560. The van der Waals surface area contributed by atoms with Crippen molar-refractivity contribution in [2.45, 2.75) is 0 Å². The van der Waals surface area contributed by atoms with Crippen molar-refractivity contribution >= 4 is 35.2 Å². The number of rotatable bonds is 5. The Balaban J connectivity index is 1.34. The molecule has 1 aromatic carbocycles. The number of carbonyl (C=O) groups excluding carboxylic acids is 1. The third-order valence-electron chi connectivity index (χ3n) is 4.61. The van der Waals surface area contributed by atoms with E-state index >= 15 is 0 Å². The fourth-order valence-corrected chi connectivity index (χ4v) is 3.00. The molecule has 3 N–H and O–H groups in total. The number of hydrogen-bond donors (Lipinski definition) is 3. The fourth-order valence-electron chi connectivity index (χ4n) is 3.00. The molecule has 1 fully saturated rings. The van der Waals surface area contributed by atoms with E-state index in [-0.39, 0.29) is 17.6 Å². The molecule has 2 amide bonds. The molecule has 160 valence electrons. The summed E-state index contributed by atoms with van der Waals surface area (Å²) in [5.74, 6) is -0.758. The monoisotopic (exact) mass is 427 g/mol. The molecule has 0 radical (unpaired) electrons. The van der Waals surface area contributed by atoms with Crippen LogP contribution >= 0.6 is 0 Å². The van der Waals surface area contributed by atoms with E-state index in [1.54, 1.807) is 24.3 Å². The zero-order chi connectivity index (χ0) is 21.8. The standard InChI is InChI=1S/C19H18FN7O4/c20-13-3-1-2-4-14(13)23-18-25-24-17(31-18)16(28)22-12-5-6-15(21-11-12)26-7-9-27(10-8-26)19(29)30/h1-6,11H,7-10H2,(H,22,28)(H,23,25)(H,29,30). The maximum atomic E-state index is 13.7. The Morgan fingerprint density at radius 2 is 1.84 bits per heavy atom. The first kappa shape index (κ1) is 20.1. The first-order valence-corrected chi connectivity index (χ1v) is 9.35. The smallest absolute Gasteiger partial charge is 0.407 e. The molecule has 4 rings (SSSR count). The summed E-state index contributed by atoms with van der Waals surface area (Å²) < 4.78 is 18.9. The van der Waals surface area contributed by atoms with Gasteiger partial charge in [-0.1, -0.05) is 17.2 Å². The minimum Gasteiger partial charge on any atom is -0.465 e. The molecule has 2 aromatic heterocycles. The van der Waals surface area contributed by atoms with Crippen LogP contribution in [0, 0.1) is 5.82 Å². The second-order valence-electron chi connectivity index (χ2n) is 6.63. The Kier molecular flexibility index (Phi) is 5.60. The number of aromatic nitrogens is 3. The van der Waals surface area contributed by atoms with Crippen molar-refractivity contribution in [3.05, 3.63) is 54.3 Å². The van der Waals surface area contributed by atoms with Gasteiger partial charge in [0.25, 0.3) is 0 Å². The topological polar surface area (TPSA) is 137 Å². The summed E-state index contributed by atoms with van der Waals surface area (Å²) in [5, 5.41) is 21.6. The highest BCUT2D eigenvalue weighted by atomic mass is 19.1. The van der Waals surface area contributed by atoms with Gasteiger partial charge in [-0.25, -0.2) is 14.2 Å². The summed E-state index contributed by atoms with van der Waals surface area (Å²) in [5.41, 5.74) is 0.557. The lowest BCUT2D eigenvalue weighted by molar-refractivity contribution is 0.0991. The second-order valence-corrected chi connectivity index (χ2v) is 6.63. The molecule has 0 saturated carbocycles. The summed E-state index contributed by atoms with van der Waals surface area (Å²) in [6.45, 7) is 1.86. The number of carbonyl (C=O) groups is 2. The number of nitrogens with zero attached hydrogens (tertiary/aromatic N) is 5. The third-order valence-corrected chi connectivity index (χ3v) is 4.61. The van der Waals surface area contributed by atoms with E-state index in [1.807, 2.05) is 4.90 Å². The summed E-state index contributed by atoms with van der Waals surface area (Å²) in [6, 6.07) is 9.22. The number of piperazine rings is 1. The SMILES string of the molecule is O=C(Nc1ccc(N2CCN(C(=O)O)CC2)nc1)c1nnc(Nc2ccccc2F)o1. The van der Waals surface area contributed by atoms with Crippen molar-refractivity contribution < 1.29 is 23.5 Å². The predicted molar refractivity (Wildman–Crippen MR) is 108 cm³/mol. The van der Waals surface area contributed by atoms with Gasteiger partial charge in [-0.3, -0.25) is 4.79 Å². The number of benzene rings is 1. The van der Waals surface area contributed by atoms with Crippen molar-refractivity contribution in [1.29, 1.82) is 0 Å². The van der Waals surface area contributed by atoms with E-state index in [0.717, 1.165) is 0 Å². The average molecular weight is 427 g/mol. The maximum Gasteiger partial charge on any atom is 0.407 e. The largest absolute Gasteiger partial charge is 0.465 e. The average Bonchev–Trinajstić information content (AvgIpc) is 3.25. The van der Waals surface area contributed by atoms with Gasteiger partial charge in [0, 0.05) is 26.2 Å². The Labute approximate surface area is 175 Å². The molecule has 1 saturated heterocycles. The molecule has 31 heavy (non-hydrogen) atoms. The fraction of sp³-hybridized carbons (Fsp3) is 0.211. The van der Waals surface area contributed by atoms with Gasteiger partial charge >= 0.3 is 23.9 Å². The highest BCUT2D eigenvalue weighted by Gasteiger charge is 2.21. The van der Waals surface area contributed by atoms with Crippen molar-refractivity contribution in [3.8, 4) is 0 Å². The minimum absolute atomic E-state index is 0.121. The van der Waals surface area contributed by atoms with Gasteiger partial charge in [-0.15, -0.1) is 5.10 Å². The number of nitrogens with one attached hydrogen (secondary N) is 2. The Morgan fingerprint density at radius 1 is 1.06 bits per heavy atom. The van der Waals surface area contributed by atoms with Crippen LogP contribution in [-0.4, -0.2) is 63.4 Å². The zero-order valence-electron chi connectivity index (χ0n) is 16.2. The zero-order valence-corrected chi connectivity index (χ0v) is 16.2. The lowest BCUT2D eigenvalue weighted by atomic mass is 10.3. The Bertz CT molecular complexity index is 1080. The number of amides is 2. The van der Waals surface area contributed by atoms with Gasteiger partial charge in [0.05, 0.1) is 17.6 Å². The van der Waals surface area contributed by atoms with Crippen LogP contribution < -0.4 is 15.5 Å². The van der Waals surface area contributed by atoms with Gasteiger partial charge in [-0.05, 0) is 24.3 Å². The summed E-state index contributed by atoms with van der Waals surface area (Å²) in [6.07, 6.45) is 0.546. The van der Waals surface area contributed by atoms with Gasteiger partial charge < -0.3 is 30.0 Å². The molecule has 0 unspecified atom stereocenters. The molecule has 11 nitrogen and oxygen atoms in total. The second kappa shape index (κ2) is 8.65. The van der Waals surface area contributed by atoms with E-state index in [0.29, 0.717) is 37.7 Å². The van der Waals surface area contributed by atoms with Crippen molar-refractivity contribution in [2.24, 2.45) is 0 Å². The van der Waals surface area contributed by atoms with Crippen molar-refractivity contribution in [2.75, 3.05) is 41.7 Å². The first-order valence-electron chi connectivity index (χ1n) is 9.35. The summed E-state index contributed by atoms with van der Waals surface area (Å²) in [7, 11) is 0. The molecule has 0 bridgehead atoms. The molecular weight excluding hydrogens is 409 g/mol. The van der Waals surface area contributed by atoms with E-state index < -0.39 is 17.8 Å². The van der Waals surface area contributed by atoms with Crippen molar-refractivity contribution in [3.63, 3.8) is 0 Å². The number of carboxylic acid groups (broad SMARTS) is 1. The molecule has 12 heteroatoms. The number of hydrogen-bond acceptors (Lipinski definition) is 8. The van der Waals surface area contributed by atoms with Crippen LogP contribution in [0.4, 0.5) is 32.4 Å². The molecule has 1 aliphatic rings. The lowest BCUT2D eigenvalue weighted by Gasteiger charge is -2.33. The van der Waals surface area contributed by atoms with Crippen LogP contribution in [-0.2, 0) is 0 Å². The van der Waals surface area contributed by atoms with Crippen LogP contribution in [0.5, 0.6) is 0 Å². The molecule has 0 spiro atoms. The lowest BCUT2D eigenvalue weighted by Crippen LogP contribution is -2.48. The van der Waals surface area contributed by atoms with Gasteiger partial charge in [0.15, 0.2) is 0 Å². The van der Waals surface area contributed by atoms with Crippen LogP contribution in [0.3, 0.4) is 0 Å². The van der Waals surface area contributed by atoms with Gasteiger partial charge in [0.1, 0.15) is 11.6 Å². The van der Waals surface area contributed by atoms with Crippen LogP contribution in [0.15, 0.2) is 47.0 Å². The third kappa shape index (κ3) is 4.69. The minimum atomic E-state index is -0.932. The predicted octanol–water partition coefficient (Wildman–Crippen LogP) is 2.40. The van der Waals surface area contributed by atoms with Crippen LogP contribution in [0.25, 0.3) is 0 Å². The van der Waals surface area contributed by atoms with Gasteiger partial charge in [-0.2, -0.15) is 0 Å². The molecule has 3 aromatic rings. The summed E-state index contributed by atoms with van der Waals surface area (Å²) in [4.78, 5) is 30.9. The van der Waals surface area contributed by atoms with E-state index in [1.165, 1.54) is 23.2 Å². The molecule has 3 heterocycles. The van der Waals surface area contributed by atoms with E-state index in [9.17, 15) is 14.0 Å². The number of para-hydroxylation sites is 1. The van der Waals surface area contributed by atoms with Crippen molar-refractivity contribution in [1.82, 2.24) is 20.1 Å². The number of halogens is 1. The number of anilines is 4. The van der Waals surface area contributed by atoms with E-state index in [4.69, 9.17) is 9.52 Å². The summed E-state index contributed by atoms with van der Waals surface area (Å²) >= 11 is 0. The number of pyridine rings is 1. The highest BCUT2D eigenvalue weighted by molar-refractivity contribution is 6.00.